The van der Waals surface area contributed by atoms with Crippen LogP contribution in [0.15, 0.2) is 72.8 Å². The summed E-state index contributed by atoms with van der Waals surface area (Å²) in [5.74, 6) is 1.28. The summed E-state index contributed by atoms with van der Waals surface area (Å²) in [7, 11) is 3.22. The third kappa shape index (κ3) is 5.23. The van der Waals surface area contributed by atoms with Crippen molar-refractivity contribution in [3.8, 4) is 17.2 Å². The number of hydrogen-bond acceptors (Lipinski definition) is 5. The van der Waals surface area contributed by atoms with E-state index < -0.39 is 0 Å². The van der Waals surface area contributed by atoms with Gasteiger partial charge < -0.3 is 29.4 Å². The maximum Gasteiger partial charge on any atom is 0.270 e. The zero-order valence-corrected chi connectivity index (χ0v) is 20.8. The average molecular weight is 500 g/mol. The summed E-state index contributed by atoms with van der Waals surface area (Å²) in [6, 6.07) is 21.7. The number of benzene rings is 3. The third-order valence-corrected chi connectivity index (χ3v) is 6.76. The number of phenolic OH excluding ortho intramolecular Hbond substituents is 1. The van der Waals surface area contributed by atoms with Gasteiger partial charge in [-0.2, -0.15) is 0 Å². The first-order chi connectivity index (χ1) is 17.9. The van der Waals surface area contributed by atoms with Crippen LogP contribution in [-0.4, -0.2) is 65.1 Å². The number of aromatic nitrogens is 1. The molecule has 0 bridgehead atoms. The van der Waals surface area contributed by atoms with Crippen molar-refractivity contribution in [1.29, 1.82) is 0 Å². The topological polar surface area (TPSA) is 95.1 Å². The summed E-state index contributed by atoms with van der Waals surface area (Å²) in [4.78, 5) is 33.6. The molecule has 0 saturated carbocycles. The van der Waals surface area contributed by atoms with Crippen LogP contribution in [-0.2, 0) is 17.8 Å². The fraction of sp³-hybridized carbons (Fsp3) is 0.241. The average Bonchev–Trinajstić information content (AvgIpc) is 3.34. The van der Waals surface area contributed by atoms with Gasteiger partial charge in [-0.15, -0.1) is 0 Å². The summed E-state index contributed by atoms with van der Waals surface area (Å²) in [6.07, 6.45) is 0.545. The van der Waals surface area contributed by atoms with Crippen LogP contribution in [0, 0.1) is 0 Å². The van der Waals surface area contributed by atoms with Gasteiger partial charge >= 0.3 is 0 Å². The van der Waals surface area contributed by atoms with Gasteiger partial charge in [0.2, 0.25) is 5.91 Å². The SMILES string of the molecule is COc1cccc(CN2C(=O)CN(C(=O)c3cc4cc(OC)ccc4[nH]3)C[C@@H]2Cc2ccc(O)cc2)c1. The maximum atomic E-state index is 13.5. The van der Waals surface area contributed by atoms with Crippen molar-refractivity contribution in [3.63, 3.8) is 0 Å². The van der Waals surface area contributed by atoms with E-state index in [2.05, 4.69) is 4.98 Å². The van der Waals surface area contributed by atoms with E-state index in [-0.39, 0.29) is 30.2 Å². The monoisotopic (exact) mass is 499 g/mol. The molecular formula is C29H29N3O5. The lowest BCUT2D eigenvalue weighted by Crippen LogP contribution is -2.58. The normalized spacial score (nSPS) is 15.7. The smallest absolute Gasteiger partial charge is 0.270 e. The molecule has 1 aliphatic heterocycles. The molecule has 2 N–H and O–H groups in total. The fourth-order valence-corrected chi connectivity index (χ4v) is 4.82. The highest BCUT2D eigenvalue weighted by atomic mass is 16.5. The van der Waals surface area contributed by atoms with Gasteiger partial charge in [0.15, 0.2) is 0 Å². The van der Waals surface area contributed by atoms with Gasteiger partial charge in [-0.25, -0.2) is 0 Å². The van der Waals surface area contributed by atoms with Crippen molar-refractivity contribution < 1.29 is 24.2 Å². The maximum absolute atomic E-state index is 13.5. The number of aromatic amines is 1. The number of piperazine rings is 1. The highest BCUT2D eigenvalue weighted by Gasteiger charge is 2.35. The summed E-state index contributed by atoms with van der Waals surface area (Å²) < 4.78 is 10.6. The number of fused-ring (bicyclic) bond motifs is 1. The summed E-state index contributed by atoms with van der Waals surface area (Å²) in [5, 5.41) is 10.6. The number of methoxy groups -OCH3 is 2. The Kier molecular flexibility index (Phi) is 6.72. The molecule has 1 atom stereocenters. The summed E-state index contributed by atoms with van der Waals surface area (Å²) in [6.45, 7) is 0.786. The van der Waals surface area contributed by atoms with Crippen LogP contribution in [0.1, 0.15) is 21.6 Å². The number of phenols is 1. The van der Waals surface area contributed by atoms with Crippen molar-refractivity contribution >= 4 is 22.7 Å². The molecule has 37 heavy (non-hydrogen) atoms. The molecule has 8 heteroatoms. The van der Waals surface area contributed by atoms with Crippen molar-refractivity contribution in [2.45, 2.75) is 19.0 Å². The number of carbonyl (C=O) groups is 2. The highest BCUT2D eigenvalue weighted by Crippen LogP contribution is 2.25. The van der Waals surface area contributed by atoms with Crippen LogP contribution in [0.25, 0.3) is 10.9 Å². The molecule has 1 saturated heterocycles. The van der Waals surface area contributed by atoms with Crippen LogP contribution in [0.2, 0.25) is 0 Å². The van der Waals surface area contributed by atoms with E-state index in [1.54, 1.807) is 37.3 Å². The first-order valence-electron chi connectivity index (χ1n) is 12.1. The molecule has 2 heterocycles. The number of carbonyl (C=O) groups excluding carboxylic acids is 2. The van der Waals surface area contributed by atoms with Crippen molar-refractivity contribution in [1.82, 2.24) is 14.8 Å². The first kappa shape index (κ1) is 24.2. The number of ether oxygens (including phenoxy) is 2. The van der Waals surface area contributed by atoms with E-state index in [1.807, 2.05) is 59.5 Å². The molecule has 1 aliphatic rings. The molecule has 0 aliphatic carbocycles. The van der Waals surface area contributed by atoms with E-state index in [0.29, 0.717) is 31.0 Å². The molecule has 190 valence electrons. The molecule has 1 fully saturated rings. The minimum atomic E-state index is -0.245. The third-order valence-electron chi connectivity index (χ3n) is 6.76. The van der Waals surface area contributed by atoms with Crippen molar-refractivity contribution in [2.24, 2.45) is 0 Å². The molecule has 5 rings (SSSR count). The quantitative estimate of drug-likeness (QED) is 0.401. The molecule has 0 radical (unpaired) electrons. The van der Waals surface area contributed by atoms with E-state index in [1.165, 1.54) is 0 Å². The Balaban J connectivity index is 1.41. The Morgan fingerprint density at radius 2 is 1.73 bits per heavy atom. The van der Waals surface area contributed by atoms with Crippen LogP contribution in [0.5, 0.6) is 17.2 Å². The summed E-state index contributed by atoms with van der Waals surface area (Å²) in [5.41, 5.74) is 3.18. The van der Waals surface area contributed by atoms with Gasteiger partial charge in [0.1, 0.15) is 29.5 Å². The number of nitrogens with zero attached hydrogens (tertiary/aromatic N) is 2. The van der Waals surface area contributed by atoms with Gasteiger partial charge in [0.25, 0.3) is 5.91 Å². The second kappa shape index (κ2) is 10.3. The molecule has 1 aromatic heterocycles. The zero-order chi connectivity index (χ0) is 25.9. The first-order valence-corrected chi connectivity index (χ1v) is 12.1. The Morgan fingerprint density at radius 3 is 2.49 bits per heavy atom. The molecule has 2 amide bonds. The predicted molar refractivity (Wildman–Crippen MR) is 140 cm³/mol. The number of aromatic hydroxyl groups is 1. The second-order valence-electron chi connectivity index (χ2n) is 9.22. The highest BCUT2D eigenvalue weighted by molar-refractivity contribution is 6.00. The second-order valence-corrected chi connectivity index (χ2v) is 9.22. The van der Waals surface area contributed by atoms with Crippen molar-refractivity contribution in [2.75, 3.05) is 27.3 Å². The Hall–Kier alpha value is -4.46. The minimum Gasteiger partial charge on any atom is -0.508 e. The van der Waals surface area contributed by atoms with Gasteiger partial charge in [0.05, 0.1) is 20.3 Å². The molecule has 3 aromatic carbocycles. The summed E-state index contributed by atoms with van der Waals surface area (Å²) >= 11 is 0. The van der Waals surface area contributed by atoms with Gasteiger partial charge in [-0.1, -0.05) is 24.3 Å². The van der Waals surface area contributed by atoms with E-state index >= 15 is 0 Å². The number of hydrogen-bond donors (Lipinski definition) is 2. The number of nitrogens with one attached hydrogen (secondary N) is 1. The lowest BCUT2D eigenvalue weighted by molar-refractivity contribution is -0.139. The molecule has 4 aromatic rings. The zero-order valence-electron chi connectivity index (χ0n) is 20.8. The van der Waals surface area contributed by atoms with E-state index in [9.17, 15) is 14.7 Å². The number of H-pyrrole nitrogens is 1. The van der Waals surface area contributed by atoms with Gasteiger partial charge in [-0.3, -0.25) is 9.59 Å². The van der Waals surface area contributed by atoms with Crippen LogP contribution in [0.3, 0.4) is 0 Å². The van der Waals surface area contributed by atoms with Crippen LogP contribution in [0.4, 0.5) is 0 Å². The van der Waals surface area contributed by atoms with Crippen molar-refractivity contribution in [3.05, 3.63) is 89.6 Å². The molecule has 0 spiro atoms. The lowest BCUT2D eigenvalue weighted by atomic mass is 10.00. The van der Waals surface area contributed by atoms with E-state index in [0.717, 1.165) is 27.8 Å². The van der Waals surface area contributed by atoms with Gasteiger partial charge in [-0.05, 0) is 66.1 Å². The van der Waals surface area contributed by atoms with Crippen LogP contribution < -0.4 is 9.47 Å². The predicted octanol–water partition coefficient (Wildman–Crippen LogP) is 3.99. The van der Waals surface area contributed by atoms with Crippen LogP contribution >= 0.6 is 0 Å². The van der Waals surface area contributed by atoms with Gasteiger partial charge in [0, 0.05) is 24.0 Å². The Labute approximate surface area is 215 Å². The lowest BCUT2D eigenvalue weighted by Gasteiger charge is -2.41. The molecule has 8 nitrogen and oxygen atoms in total. The number of rotatable bonds is 7. The number of amides is 2. The Bertz CT molecular complexity index is 1430. The fourth-order valence-electron chi connectivity index (χ4n) is 4.82. The minimum absolute atomic E-state index is 0.00638. The largest absolute Gasteiger partial charge is 0.508 e. The molecular weight excluding hydrogens is 470 g/mol. The van der Waals surface area contributed by atoms with E-state index in [4.69, 9.17) is 9.47 Å². The standard InChI is InChI=1S/C29H29N3O5/c1-36-24-5-3-4-20(13-24)16-32-22(12-19-6-8-23(33)9-7-19)17-31(18-28(32)34)29(35)27-15-21-14-25(37-2)10-11-26(21)30-27/h3-11,13-15,22,30,33H,12,16-18H2,1-2H3/t22-/m0/s1. The Morgan fingerprint density at radius 1 is 0.973 bits per heavy atom. The molecule has 0 unspecified atom stereocenters.